The van der Waals surface area contributed by atoms with E-state index in [1.165, 1.54) is 6.33 Å². The summed E-state index contributed by atoms with van der Waals surface area (Å²) in [4.78, 5) is 25.2. The average molecular weight is 411 g/mol. The number of pyridine rings is 1. The van der Waals surface area contributed by atoms with E-state index in [-0.39, 0.29) is 5.91 Å². The highest BCUT2D eigenvalue weighted by Crippen LogP contribution is 2.23. The third-order valence-corrected chi connectivity index (χ3v) is 4.68. The number of anilines is 2. The summed E-state index contributed by atoms with van der Waals surface area (Å²) < 4.78 is 1.69. The molecule has 5 aromatic rings. The zero-order valence-electron chi connectivity index (χ0n) is 16.2. The SMILES string of the molecule is O=C(NCc1cccnc1)c1ccc(Nc2ncc(-c3cn[nH]c3)n3ncnc23)cc1. The van der Waals surface area contributed by atoms with Crippen molar-refractivity contribution in [2.75, 3.05) is 5.32 Å². The van der Waals surface area contributed by atoms with E-state index in [0.29, 0.717) is 23.6 Å². The highest BCUT2D eigenvalue weighted by molar-refractivity contribution is 5.94. The quantitative estimate of drug-likeness (QED) is 0.392. The zero-order valence-corrected chi connectivity index (χ0v) is 16.2. The van der Waals surface area contributed by atoms with E-state index in [1.807, 2.05) is 24.3 Å². The number of nitrogens with one attached hydrogen (secondary N) is 3. The first-order valence-electron chi connectivity index (χ1n) is 9.50. The molecular formula is C21H17N9O. The second-order valence-corrected chi connectivity index (χ2v) is 6.72. The minimum Gasteiger partial charge on any atom is -0.348 e. The smallest absolute Gasteiger partial charge is 0.251 e. The molecule has 4 aromatic heterocycles. The standard InChI is InChI=1S/C21H17N9O/c31-21(24-9-14-2-1-7-22-8-14)15-3-5-17(6-4-15)29-19-20-25-13-28-30(20)18(12-23-19)16-10-26-27-11-16/h1-8,10-13H,9H2,(H,23,29)(H,24,31)(H,26,27). The first-order chi connectivity index (χ1) is 15.3. The predicted octanol–water partition coefficient (Wildman–Crippen LogP) is 2.58. The fourth-order valence-corrected chi connectivity index (χ4v) is 3.12. The number of rotatable bonds is 6. The molecule has 31 heavy (non-hydrogen) atoms. The summed E-state index contributed by atoms with van der Waals surface area (Å²) >= 11 is 0. The van der Waals surface area contributed by atoms with E-state index in [2.05, 4.69) is 40.9 Å². The number of aromatic nitrogens is 7. The molecule has 10 nitrogen and oxygen atoms in total. The van der Waals surface area contributed by atoms with Crippen molar-refractivity contribution in [1.82, 2.24) is 40.1 Å². The Morgan fingerprint density at radius 2 is 1.97 bits per heavy atom. The van der Waals surface area contributed by atoms with Crippen LogP contribution in [0, 0.1) is 0 Å². The number of aromatic amines is 1. The van der Waals surface area contributed by atoms with Crippen LogP contribution in [0.1, 0.15) is 15.9 Å². The molecule has 5 rings (SSSR count). The summed E-state index contributed by atoms with van der Waals surface area (Å²) in [5, 5.41) is 17.2. The van der Waals surface area contributed by atoms with Crippen LogP contribution in [0.15, 0.2) is 73.7 Å². The number of hydrogen-bond donors (Lipinski definition) is 3. The lowest BCUT2D eigenvalue weighted by Gasteiger charge is -2.10. The van der Waals surface area contributed by atoms with E-state index >= 15 is 0 Å². The molecule has 1 aromatic carbocycles. The van der Waals surface area contributed by atoms with Crippen LogP contribution in [0.3, 0.4) is 0 Å². The number of fused-ring (bicyclic) bond motifs is 1. The van der Waals surface area contributed by atoms with E-state index in [1.54, 1.807) is 47.6 Å². The van der Waals surface area contributed by atoms with Gasteiger partial charge in [-0.15, -0.1) is 0 Å². The number of hydrogen-bond acceptors (Lipinski definition) is 7. The maximum absolute atomic E-state index is 12.4. The van der Waals surface area contributed by atoms with E-state index < -0.39 is 0 Å². The maximum atomic E-state index is 12.4. The molecule has 0 aliphatic carbocycles. The Morgan fingerprint density at radius 1 is 1.06 bits per heavy atom. The number of amides is 1. The molecule has 0 bridgehead atoms. The first-order valence-corrected chi connectivity index (χ1v) is 9.50. The van der Waals surface area contributed by atoms with Crippen LogP contribution in [-0.4, -0.2) is 40.7 Å². The fourth-order valence-electron chi connectivity index (χ4n) is 3.12. The normalized spacial score (nSPS) is 10.8. The van der Waals surface area contributed by atoms with Gasteiger partial charge in [0, 0.05) is 41.9 Å². The second-order valence-electron chi connectivity index (χ2n) is 6.72. The molecule has 152 valence electrons. The van der Waals surface area contributed by atoms with Crippen molar-refractivity contribution in [2.45, 2.75) is 6.54 Å². The molecule has 0 spiro atoms. The van der Waals surface area contributed by atoms with Crippen molar-refractivity contribution in [2.24, 2.45) is 0 Å². The summed E-state index contributed by atoms with van der Waals surface area (Å²) in [5.74, 6) is 0.399. The third kappa shape index (κ3) is 3.81. The molecule has 4 heterocycles. The van der Waals surface area contributed by atoms with Crippen molar-refractivity contribution in [3.8, 4) is 11.3 Å². The Kier molecular flexibility index (Phi) is 4.77. The summed E-state index contributed by atoms with van der Waals surface area (Å²) in [7, 11) is 0. The topological polar surface area (TPSA) is 126 Å². The largest absolute Gasteiger partial charge is 0.348 e. The average Bonchev–Trinajstić information content (AvgIpc) is 3.52. The summed E-state index contributed by atoms with van der Waals surface area (Å²) in [6.45, 7) is 0.421. The minimum absolute atomic E-state index is 0.155. The van der Waals surface area contributed by atoms with Crippen molar-refractivity contribution in [1.29, 1.82) is 0 Å². The van der Waals surface area contributed by atoms with Crippen molar-refractivity contribution >= 4 is 23.1 Å². The van der Waals surface area contributed by atoms with Gasteiger partial charge in [-0.05, 0) is 35.9 Å². The number of carbonyl (C=O) groups is 1. The Morgan fingerprint density at radius 3 is 2.74 bits per heavy atom. The molecule has 0 atom stereocenters. The summed E-state index contributed by atoms with van der Waals surface area (Å²) in [5.41, 5.74) is 4.49. The Balaban J connectivity index is 1.31. The van der Waals surface area contributed by atoms with Gasteiger partial charge in [-0.2, -0.15) is 10.2 Å². The Labute approximate surface area is 176 Å². The highest BCUT2D eigenvalue weighted by atomic mass is 16.1. The van der Waals surface area contributed by atoms with Gasteiger partial charge in [0.15, 0.2) is 11.5 Å². The molecule has 0 saturated heterocycles. The van der Waals surface area contributed by atoms with Crippen LogP contribution < -0.4 is 10.6 Å². The van der Waals surface area contributed by atoms with Gasteiger partial charge in [-0.25, -0.2) is 14.5 Å². The van der Waals surface area contributed by atoms with Gasteiger partial charge < -0.3 is 10.6 Å². The molecule has 10 heteroatoms. The van der Waals surface area contributed by atoms with Gasteiger partial charge >= 0.3 is 0 Å². The van der Waals surface area contributed by atoms with E-state index in [4.69, 9.17) is 0 Å². The molecule has 1 amide bonds. The van der Waals surface area contributed by atoms with E-state index in [9.17, 15) is 4.79 Å². The molecular weight excluding hydrogens is 394 g/mol. The van der Waals surface area contributed by atoms with Gasteiger partial charge in [0.1, 0.15) is 6.33 Å². The summed E-state index contributed by atoms with van der Waals surface area (Å²) in [6, 6.07) is 10.9. The van der Waals surface area contributed by atoms with Gasteiger partial charge in [0.05, 0.1) is 18.1 Å². The molecule has 0 aliphatic heterocycles. The van der Waals surface area contributed by atoms with Gasteiger partial charge in [0.2, 0.25) is 0 Å². The van der Waals surface area contributed by atoms with Gasteiger partial charge in [0.25, 0.3) is 5.91 Å². The number of benzene rings is 1. The number of H-pyrrole nitrogens is 1. The molecule has 0 fully saturated rings. The first kappa shape index (κ1) is 18.4. The Hall–Kier alpha value is -4.60. The lowest BCUT2D eigenvalue weighted by atomic mass is 10.2. The van der Waals surface area contributed by atoms with Crippen LogP contribution in [0.2, 0.25) is 0 Å². The van der Waals surface area contributed by atoms with Crippen LogP contribution in [-0.2, 0) is 6.54 Å². The highest BCUT2D eigenvalue weighted by Gasteiger charge is 2.13. The third-order valence-electron chi connectivity index (χ3n) is 4.68. The molecule has 0 saturated carbocycles. The molecule has 0 radical (unpaired) electrons. The monoisotopic (exact) mass is 411 g/mol. The fraction of sp³-hybridized carbons (Fsp3) is 0.0476. The minimum atomic E-state index is -0.155. The molecule has 0 unspecified atom stereocenters. The lowest BCUT2D eigenvalue weighted by molar-refractivity contribution is 0.0951. The van der Waals surface area contributed by atoms with Crippen molar-refractivity contribution in [3.63, 3.8) is 0 Å². The van der Waals surface area contributed by atoms with Crippen LogP contribution in [0.25, 0.3) is 16.9 Å². The van der Waals surface area contributed by atoms with Crippen LogP contribution in [0.5, 0.6) is 0 Å². The predicted molar refractivity (Wildman–Crippen MR) is 113 cm³/mol. The zero-order chi connectivity index (χ0) is 21.0. The van der Waals surface area contributed by atoms with Crippen molar-refractivity contribution in [3.05, 3.63) is 84.8 Å². The molecule has 0 aliphatic rings. The maximum Gasteiger partial charge on any atom is 0.251 e. The van der Waals surface area contributed by atoms with E-state index in [0.717, 1.165) is 22.5 Å². The van der Waals surface area contributed by atoms with Crippen LogP contribution in [0.4, 0.5) is 11.5 Å². The number of nitrogens with zero attached hydrogens (tertiary/aromatic N) is 6. The Bertz CT molecular complexity index is 1310. The van der Waals surface area contributed by atoms with Gasteiger partial charge in [-0.1, -0.05) is 6.07 Å². The molecule has 3 N–H and O–H groups in total. The number of carbonyl (C=O) groups excluding carboxylic acids is 1. The second kappa shape index (κ2) is 8.03. The lowest BCUT2D eigenvalue weighted by Crippen LogP contribution is -2.22. The van der Waals surface area contributed by atoms with Gasteiger partial charge in [-0.3, -0.25) is 14.9 Å². The summed E-state index contributed by atoms with van der Waals surface area (Å²) in [6.07, 6.45) is 10.1. The van der Waals surface area contributed by atoms with Crippen molar-refractivity contribution < 1.29 is 4.79 Å². The van der Waals surface area contributed by atoms with Crippen LogP contribution >= 0.6 is 0 Å².